The summed E-state index contributed by atoms with van der Waals surface area (Å²) in [5.41, 5.74) is 7.80. The third-order valence-electron chi connectivity index (χ3n) is 4.22. The summed E-state index contributed by atoms with van der Waals surface area (Å²) in [5.74, 6) is 0.361. The average Bonchev–Trinajstić information content (AvgIpc) is 3.22. The largest absolute Gasteiger partial charge is 0.382 e. The maximum Gasteiger partial charge on any atom is 0.258 e. The number of carbonyl (C=O) groups is 1. The molecule has 7 nitrogen and oxygen atoms in total. The number of pyridine rings is 1. The standard InChI is InChI=1S/C16H16N6O/c17-15-7-6-12(19-20-15)14-5-3-8-21(14)16(23)11-10-18-22-9-2-1-4-13(11)22/h1-2,4,6-7,9-10,14H,3,5,8H2,(H2,17,20). The molecule has 7 heteroatoms. The highest BCUT2D eigenvalue weighted by molar-refractivity contribution is 6.00. The van der Waals surface area contributed by atoms with Crippen LogP contribution in [0.15, 0.2) is 42.7 Å². The van der Waals surface area contributed by atoms with Crippen LogP contribution in [0, 0.1) is 0 Å². The van der Waals surface area contributed by atoms with Crippen LogP contribution in [0.4, 0.5) is 5.82 Å². The fourth-order valence-electron chi connectivity index (χ4n) is 3.10. The summed E-state index contributed by atoms with van der Waals surface area (Å²) in [4.78, 5) is 14.8. The second kappa shape index (κ2) is 5.35. The van der Waals surface area contributed by atoms with Crippen LogP contribution in [0.3, 0.4) is 0 Å². The van der Waals surface area contributed by atoms with Gasteiger partial charge in [-0.05, 0) is 37.1 Å². The second-order valence-electron chi connectivity index (χ2n) is 5.63. The van der Waals surface area contributed by atoms with Crippen molar-refractivity contribution in [3.63, 3.8) is 0 Å². The number of likely N-dealkylation sites (tertiary alicyclic amines) is 1. The third kappa shape index (κ3) is 2.30. The van der Waals surface area contributed by atoms with Gasteiger partial charge < -0.3 is 10.6 Å². The summed E-state index contributed by atoms with van der Waals surface area (Å²) in [7, 11) is 0. The van der Waals surface area contributed by atoms with Gasteiger partial charge in [0.2, 0.25) is 0 Å². The van der Waals surface area contributed by atoms with E-state index in [1.165, 1.54) is 0 Å². The highest BCUT2D eigenvalue weighted by Crippen LogP contribution is 2.32. The maximum absolute atomic E-state index is 13.0. The van der Waals surface area contributed by atoms with Crippen molar-refractivity contribution < 1.29 is 4.79 Å². The zero-order valence-corrected chi connectivity index (χ0v) is 12.5. The summed E-state index contributed by atoms with van der Waals surface area (Å²) < 4.78 is 1.71. The molecule has 1 atom stereocenters. The summed E-state index contributed by atoms with van der Waals surface area (Å²) in [6, 6.07) is 9.19. The molecule has 0 aromatic carbocycles. The van der Waals surface area contributed by atoms with Gasteiger partial charge in [0.05, 0.1) is 29.0 Å². The smallest absolute Gasteiger partial charge is 0.258 e. The molecule has 3 aromatic rings. The van der Waals surface area contributed by atoms with Gasteiger partial charge in [-0.3, -0.25) is 4.79 Å². The Labute approximate surface area is 132 Å². The van der Waals surface area contributed by atoms with Gasteiger partial charge in [-0.2, -0.15) is 10.2 Å². The van der Waals surface area contributed by atoms with Gasteiger partial charge in [-0.1, -0.05) is 6.07 Å². The van der Waals surface area contributed by atoms with Gasteiger partial charge >= 0.3 is 0 Å². The Balaban J connectivity index is 1.68. The average molecular weight is 308 g/mol. The van der Waals surface area contributed by atoms with Crippen molar-refractivity contribution in [3.05, 3.63) is 54.0 Å². The summed E-state index contributed by atoms with van der Waals surface area (Å²) in [6.07, 6.45) is 5.28. The highest BCUT2D eigenvalue weighted by Gasteiger charge is 2.32. The monoisotopic (exact) mass is 308 g/mol. The van der Waals surface area contributed by atoms with E-state index in [2.05, 4.69) is 15.3 Å². The lowest BCUT2D eigenvalue weighted by atomic mass is 10.1. The molecule has 116 valence electrons. The van der Waals surface area contributed by atoms with Crippen LogP contribution in [-0.4, -0.2) is 37.2 Å². The number of nitrogens with zero attached hydrogens (tertiary/aromatic N) is 5. The van der Waals surface area contributed by atoms with E-state index >= 15 is 0 Å². The fraction of sp³-hybridized carbons (Fsp3) is 0.250. The first-order chi connectivity index (χ1) is 11.2. The van der Waals surface area contributed by atoms with E-state index in [4.69, 9.17) is 5.73 Å². The Morgan fingerprint density at radius 3 is 2.96 bits per heavy atom. The van der Waals surface area contributed by atoms with Crippen LogP contribution >= 0.6 is 0 Å². The molecule has 0 spiro atoms. The van der Waals surface area contributed by atoms with E-state index < -0.39 is 0 Å². The molecule has 1 aliphatic rings. The lowest BCUT2D eigenvalue weighted by Gasteiger charge is -2.23. The van der Waals surface area contributed by atoms with Crippen LogP contribution in [0.25, 0.3) is 5.52 Å². The van der Waals surface area contributed by atoms with Crippen molar-refractivity contribution in [1.29, 1.82) is 0 Å². The number of nitrogen functional groups attached to an aromatic ring is 1. The normalized spacial score (nSPS) is 17.7. The van der Waals surface area contributed by atoms with E-state index in [0.717, 1.165) is 24.1 Å². The number of carbonyl (C=O) groups excluding carboxylic acids is 1. The molecular formula is C16H16N6O. The molecule has 1 amide bonds. The molecule has 4 heterocycles. The predicted octanol–water partition coefficient (Wildman–Crippen LogP) is 1.68. The topological polar surface area (TPSA) is 89.4 Å². The molecule has 3 aromatic heterocycles. The zero-order chi connectivity index (χ0) is 15.8. The Morgan fingerprint density at radius 2 is 2.13 bits per heavy atom. The Hall–Kier alpha value is -2.96. The fourth-order valence-corrected chi connectivity index (χ4v) is 3.10. The van der Waals surface area contributed by atoms with Crippen LogP contribution in [0.1, 0.15) is 34.9 Å². The van der Waals surface area contributed by atoms with Gasteiger partial charge in [0, 0.05) is 12.7 Å². The van der Waals surface area contributed by atoms with E-state index in [-0.39, 0.29) is 11.9 Å². The predicted molar refractivity (Wildman–Crippen MR) is 84.6 cm³/mol. The summed E-state index contributed by atoms with van der Waals surface area (Å²) in [6.45, 7) is 0.708. The first-order valence-electron chi connectivity index (χ1n) is 7.56. The molecular weight excluding hydrogens is 292 g/mol. The number of hydrogen-bond donors (Lipinski definition) is 1. The Kier molecular flexibility index (Phi) is 3.18. The van der Waals surface area contributed by atoms with Gasteiger partial charge in [-0.25, -0.2) is 4.52 Å². The Bertz CT molecular complexity index is 856. The quantitative estimate of drug-likeness (QED) is 0.778. The van der Waals surface area contributed by atoms with Crippen molar-refractivity contribution in [2.75, 3.05) is 12.3 Å². The van der Waals surface area contributed by atoms with E-state index in [1.807, 2.05) is 35.4 Å². The number of hydrogen-bond acceptors (Lipinski definition) is 5. The van der Waals surface area contributed by atoms with Crippen molar-refractivity contribution in [2.24, 2.45) is 0 Å². The number of amides is 1. The SMILES string of the molecule is Nc1ccc(C2CCCN2C(=O)c2cnn3ccccc23)nn1. The minimum Gasteiger partial charge on any atom is -0.382 e. The van der Waals surface area contributed by atoms with E-state index in [0.29, 0.717) is 17.9 Å². The zero-order valence-electron chi connectivity index (χ0n) is 12.5. The molecule has 1 saturated heterocycles. The lowest BCUT2D eigenvalue weighted by molar-refractivity contribution is 0.0734. The maximum atomic E-state index is 13.0. The van der Waals surface area contributed by atoms with Crippen LogP contribution < -0.4 is 5.73 Å². The molecule has 0 radical (unpaired) electrons. The molecule has 1 fully saturated rings. The molecule has 2 N–H and O–H groups in total. The first-order valence-corrected chi connectivity index (χ1v) is 7.56. The minimum atomic E-state index is -0.0609. The Morgan fingerprint density at radius 1 is 1.22 bits per heavy atom. The molecule has 0 saturated carbocycles. The van der Waals surface area contributed by atoms with Gasteiger partial charge in [-0.15, -0.1) is 5.10 Å². The third-order valence-corrected chi connectivity index (χ3v) is 4.22. The number of rotatable bonds is 2. The molecule has 0 aliphatic carbocycles. The van der Waals surface area contributed by atoms with Crippen molar-refractivity contribution >= 4 is 17.2 Å². The van der Waals surface area contributed by atoms with Crippen molar-refractivity contribution in [1.82, 2.24) is 24.7 Å². The summed E-state index contributed by atoms with van der Waals surface area (Å²) >= 11 is 0. The number of anilines is 1. The second-order valence-corrected chi connectivity index (χ2v) is 5.63. The van der Waals surface area contributed by atoms with Crippen molar-refractivity contribution in [3.8, 4) is 0 Å². The highest BCUT2D eigenvalue weighted by atomic mass is 16.2. The molecule has 1 aliphatic heterocycles. The van der Waals surface area contributed by atoms with Crippen LogP contribution in [0.2, 0.25) is 0 Å². The number of aromatic nitrogens is 4. The van der Waals surface area contributed by atoms with Gasteiger partial charge in [0.25, 0.3) is 5.91 Å². The molecule has 23 heavy (non-hydrogen) atoms. The summed E-state index contributed by atoms with van der Waals surface area (Å²) in [5, 5.41) is 12.3. The minimum absolute atomic E-state index is 0.0210. The molecule has 0 bridgehead atoms. The van der Waals surface area contributed by atoms with Crippen LogP contribution in [0.5, 0.6) is 0 Å². The van der Waals surface area contributed by atoms with Crippen molar-refractivity contribution in [2.45, 2.75) is 18.9 Å². The molecule has 1 unspecified atom stereocenters. The number of fused-ring (bicyclic) bond motifs is 1. The van der Waals surface area contributed by atoms with Gasteiger partial charge in [0.15, 0.2) is 0 Å². The first kappa shape index (κ1) is 13.7. The van der Waals surface area contributed by atoms with Crippen LogP contribution in [-0.2, 0) is 0 Å². The van der Waals surface area contributed by atoms with E-state index in [9.17, 15) is 4.79 Å². The molecule has 4 rings (SSSR count). The number of nitrogens with two attached hydrogens (primary N) is 1. The lowest BCUT2D eigenvalue weighted by Crippen LogP contribution is -2.31. The van der Waals surface area contributed by atoms with Gasteiger partial charge in [0.1, 0.15) is 5.82 Å². The van der Waals surface area contributed by atoms with E-state index in [1.54, 1.807) is 16.8 Å².